The molecule has 0 amide bonds. The van der Waals surface area contributed by atoms with Crippen LogP contribution in [0.1, 0.15) is 0 Å². The maximum atomic E-state index is 4.54. The molecule has 4 heavy (non-hydrogen) atoms. The Balaban J connectivity index is 1.97. The lowest BCUT2D eigenvalue weighted by Crippen LogP contribution is -1.72. The lowest BCUT2D eigenvalue weighted by atomic mass is 11.7. The fourth-order valence-electron chi connectivity index (χ4n) is 0. The molecule has 0 heterocycles. The third-order valence-electron chi connectivity index (χ3n) is 0.129. The molecule has 0 spiro atoms. The monoisotopic (exact) mass is 94.0 g/mol. The highest BCUT2D eigenvalue weighted by atomic mass is 32.1. The third kappa shape index (κ3) is 2.53. The van der Waals surface area contributed by atoms with Gasteiger partial charge >= 0.3 is 0 Å². The van der Waals surface area contributed by atoms with Crippen molar-refractivity contribution < 1.29 is 4.43 Å². The van der Waals surface area contributed by atoms with E-state index in [0.717, 1.165) is 10.5 Å². The highest BCUT2D eigenvalue weighted by Gasteiger charge is 1.51. The molecule has 0 atom stereocenters. The Hall–Kier alpha value is 0.527. The Morgan fingerprint density at radius 3 is 2.25 bits per heavy atom. The molecule has 0 aromatic carbocycles. The molecule has 0 saturated heterocycles. The first kappa shape index (κ1) is 4.53. The number of hydrogen-bond acceptors (Lipinski definition) is 2. The van der Waals surface area contributed by atoms with E-state index in [1.54, 1.807) is 0 Å². The van der Waals surface area contributed by atoms with E-state index in [2.05, 4.69) is 17.1 Å². The van der Waals surface area contributed by atoms with Gasteiger partial charge in [-0.2, -0.15) is 12.6 Å². The summed E-state index contributed by atoms with van der Waals surface area (Å²) in [5.41, 5.74) is 0. The van der Waals surface area contributed by atoms with Crippen LogP contribution in [0.4, 0.5) is 0 Å². The largest absolute Gasteiger partial charge is 0.419 e. The second-order valence-electron chi connectivity index (χ2n) is 0.418. The highest BCUT2D eigenvalue weighted by Crippen LogP contribution is 1.64. The molecule has 0 rings (SSSR count). The zero-order chi connectivity index (χ0) is 3.41. The van der Waals surface area contributed by atoms with Crippen LogP contribution in [-0.4, -0.2) is 16.4 Å². The van der Waals surface area contributed by atoms with Crippen LogP contribution in [0, 0.1) is 0 Å². The lowest BCUT2D eigenvalue weighted by Gasteiger charge is -1.76. The van der Waals surface area contributed by atoms with Crippen molar-refractivity contribution in [2.24, 2.45) is 0 Å². The minimum absolute atomic E-state index is 0.576. The van der Waals surface area contributed by atoms with Crippen molar-refractivity contribution in [3.8, 4) is 0 Å². The van der Waals surface area contributed by atoms with E-state index >= 15 is 0 Å². The third-order valence-corrected chi connectivity index (χ3v) is 1.16. The standard InChI is InChI=1S/CH6OSSi/c3-1-2-4/h3H,1H2,4H3. The van der Waals surface area contributed by atoms with Crippen LogP contribution in [0.2, 0.25) is 0 Å². The quantitative estimate of drug-likeness (QED) is 0.253. The van der Waals surface area contributed by atoms with Crippen molar-refractivity contribution >= 4 is 23.1 Å². The zero-order valence-electron chi connectivity index (χ0n) is 2.56. The summed E-state index contributed by atoms with van der Waals surface area (Å²) >= 11 is 3.73. The van der Waals surface area contributed by atoms with Gasteiger partial charge in [0.1, 0.15) is 10.5 Å². The Labute approximate surface area is 34.3 Å². The summed E-state index contributed by atoms with van der Waals surface area (Å²) in [5.74, 6) is 0.576. The van der Waals surface area contributed by atoms with Gasteiger partial charge in [0, 0.05) is 0 Å². The van der Waals surface area contributed by atoms with Gasteiger partial charge in [0.05, 0.1) is 5.94 Å². The van der Waals surface area contributed by atoms with E-state index in [9.17, 15) is 0 Å². The van der Waals surface area contributed by atoms with Crippen molar-refractivity contribution in [3.05, 3.63) is 0 Å². The minimum atomic E-state index is 0.576. The molecule has 0 N–H and O–H groups in total. The van der Waals surface area contributed by atoms with E-state index in [1.807, 2.05) is 0 Å². The Morgan fingerprint density at radius 2 is 2.25 bits per heavy atom. The van der Waals surface area contributed by atoms with Crippen molar-refractivity contribution in [1.29, 1.82) is 0 Å². The van der Waals surface area contributed by atoms with Crippen LogP contribution in [0.5, 0.6) is 0 Å². The average molecular weight is 94.2 g/mol. The Morgan fingerprint density at radius 1 is 2.00 bits per heavy atom. The van der Waals surface area contributed by atoms with E-state index in [4.69, 9.17) is 0 Å². The Bertz CT molecular complexity index is 10.0. The molecule has 0 unspecified atom stereocenters. The van der Waals surface area contributed by atoms with Crippen LogP contribution >= 0.6 is 12.6 Å². The van der Waals surface area contributed by atoms with E-state index in [1.165, 1.54) is 0 Å². The number of rotatable bonds is 1. The number of thiol groups is 1. The minimum Gasteiger partial charge on any atom is -0.419 e. The zero-order valence-corrected chi connectivity index (χ0v) is 5.46. The van der Waals surface area contributed by atoms with Crippen LogP contribution in [0.3, 0.4) is 0 Å². The van der Waals surface area contributed by atoms with Gasteiger partial charge in [-0.05, 0) is 0 Å². The smallest absolute Gasteiger partial charge is 0.147 e. The molecule has 0 saturated carbocycles. The predicted octanol–water partition coefficient (Wildman–Crippen LogP) is -0.829. The molecule has 0 fully saturated rings. The van der Waals surface area contributed by atoms with Gasteiger partial charge in [0.2, 0.25) is 0 Å². The maximum Gasteiger partial charge on any atom is 0.147 e. The van der Waals surface area contributed by atoms with Gasteiger partial charge < -0.3 is 4.43 Å². The van der Waals surface area contributed by atoms with Crippen LogP contribution in [0.15, 0.2) is 0 Å². The molecular weight excluding hydrogens is 88.2 g/mol. The first-order valence-corrected chi connectivity index (χ1v) is 2.46. The Kier molecular flexibility index (Phi) is 3.99. The van der Waals surface area contributed by atoms with Crippen molar-refractivity contribution in [2.45, 2.75) is 0 Å². The fraction of sp³-hybridized carbons (Fsp3) is 1.00. The second-order valence-corrected chi connectivity index (χ2v) is 1.25. The van der Waals surface area contributed by atoms with Gasteiger partial charge in [0.15, 0.2) is 0 Å². The predicted molar refractivity (Wildman–Crippen MR) is 24.9 cm³/mol. The van der Waals surface area contributed by atoms with Gasteiger partial charge in [0.25, 0.3) is 0 Å². The van der Waals surface area contributed by atoms with Crippen molar-refractivity contribution in [3.63, 3.8) is 0 Å². The molecule has 0 aliphatic rings. The molecule has 0 aromatic rings. The van der Waals surface area contributed by atoms with E-state index < -0.39 is 0 Å². The summed E-state index contributed by atoms with van der Waals surface area (Å²) in [5, 5.41) is 0. The van der Waals surface area contributed by atoms with Crippen molar-refractivity contribution in [2.75, 3.05) is 5.94 Å². The van der Waals surface area contributed by atoms with Crippen molar-refractivity contribution in [1.82, 2.24) is 0 Å². The summed E-state index contributed by atoms with van der Waals surface area (Å²) in [6.07, 6.45) is 0. The highest BCUT2D eigenvalue weighted by molar-refractivity contribution is 7.80. The summed E-state index contributed by atoms with van der Waals surface area (Å²) in [7, 11) is 0.813. The average Bonchev–Trinajstić information content (AvgIpc) is 1.37. The van der Waals surface area contributed by atoms with Crippen LogP contribution < -0.4 is 0 Å². The second kappa shape index (κ2) is 3.53. The molecule has 0 radical (unpaired) electrons. The van der Waals surface area contributed by atoms with E-state index in [-0.39, 0.29) is 0 Å². The summed E-state index contributed by atoms with van der Waals surface area (Å²) in [6.45, 7) is 0. The summed E-state index contributed by atoms with van der Waals surface area (Å²) in [6, 6.07) is 0. The first-order valence-electron chi connectivity index (χ1n) is 1.01. The normalized spacial score (nSPS) is 8.25. The molecule has 26 valence electrons. The molecule has 1 nitrogen and oxygen atoms in total. The van der Waals surface area contributed by atoms with Gasteiger partial charge in [-0.1, -0.05) is 0 Å². The maximum absolute atomic E-state index is 4.54. The van der Waals surface area contributed by atoms with Gasteiger partial charge in [-0.3, -0.25) is 0 Å². The van der Waals surface area contributed by atoms with Gasteiger partial charge in [-0.15, -0.1) is 0 Å². The molecular formula is CH6OSSi. The lowest BCUT2D eigenvalue weighted by molar-refractivity contribution is 0.438. The van der Waals surface area contributed by atoms with Crippen LogP contribution in [0.25, 0.3) is 0 Å². The molecule has 3 heteroatoms. The van der Waals surface area contributed by atoms with E-state index in [0.29, 0.717) is 5.94 Å². The molecule has 0 aliphatic carbocycles. The molecule has 0 aromatic heterocycles. The summed E-state index contributed by atoms with van der Waals surface area (Å²) in [4.78, 5) is 0. The molecule has 0 aliphatic heterocycles. The fourth-order valence-corrected chi connectivity index (χ4v) is 0. The van der Waals surface area contributed by atoms with Crippen LogP contribution in [-0.2, 0) is 4.43 Å². The number of hydrogen-bond donors (Lipinski definition) is 1. The topological polar surface area (TPSA) is 9.23 Å². The van der Waals surface area contributed by atoms with Gasteiger partial charge in [-0.25, -0.2) is 0 Å². The first-order chi connectivity index (χ1) is 1.91. The SMILES string of the molecule is [SiH3]OCS. The molecule has 0 bridgehead atoms. The summed E-state index contributed by atoms with van der Waals surface area (Å²) < 4.78 is 4.54.